The summed E-state index contributed by atoms with van der Waals surface area (Å²) in [5.74, 6) is 0. The van der Waals surface area contributed by atoms with Crippen molar-refractivity contribution in [2.75, 3.05) is 0 Å². The molecule has 0 heterocycles. The molecule has 0 saturated heterocycles. The Morgan fingerprint density at radius 1 is 0.600 bits per heavy atom. The normalized spacial score (nSPS) is 0.800. The molecule has 67 valence electrons. The van der Waals surface area contributed by atoms with Gasteiger partial charge in [0.2, 0.25) is 0 Å². The van der Waals surface area contributed by atoms with E-state index in [0.29, 0.717) is 0 Å². The number of rotatable bonds is 0. The van der Waals surface area contributed by atoms with Crippen LogP contribution in [0.5, 0.6) is 0 Å². The molecule has 2 nitrogen and oxygen atoms in total. The molecule has 0 aliphatic carbocycles. The van der Waals surface area contributed by atoms with Crippen LogP contribution in [0.2, 0.25) is 0 Å². The fourth-order valence-electron chi connectivity index (χ4n) is 0. The maximum absolute atomic E-state index is 8.35. The Kier molecular flexibility index (Phi) is 3950. The quantitative estimate of drug-likeness (QED) is 0.335. The van der Waals surface area contributed by atoms with Gasteiger partial charge in [0.05, 0.1) is 0 Å². The summed E-state index contributed by atoms with van der Waals surface area (Å²) in [6.45, 7) is 0. The Morgan fingerprint density at radius 3 is 0.600 bits per heavy atom. The van der Waals surface area contributed by atoms with Gasteiger partial charge >= 0.3 is 47.0 Å². The third kappa shape index (κ3) is 1340. The van der Waals surface area contributed by atoms with E-state index in [4.69, 9.17) is 9.13 Å². The molecule has 0 aliphatic rings. The second-order valence-electron chi connectivity index (χ2n) is 0.0745. The standard InChI is InChI=1S/6FH.Na.O2P.H/c;;;;;;;1-3-2;/h6*1H;;;. The van der Waals surface area contributed by atoms with Crippen molar-refractivity contribution in [1.82, 2.24) is 0 Å². The van der Waals surface area contributed by atoms with Crippen LogP contribution in [-0.2, 0) is 9.13 Å². The van der Waals surface area contributed by atoms with Crippen LogP contribution in [0.1, 0.15) is 0 Å². The summed E-state index contributed by atoms with van der Waals surface area (Å²) in [7, 11) is -1.08. The summed E-state index contributed by atoms with van der Waals surface area (Å²) >= 11 is 0. The van der Waals surface area contributed by atoms with Crippen molar-refractivity contribution in [3.05, 3.63) is 0 Å². The van der Waals surface area contributed by atoms with E-state index >= 15 is 0 Å². The number of hydrogen-bond acceptors (Lipinski definition) is 2. The molecule has 10 heavy (non-hydrogen) atoms. The molecule has 0 unspecified atom stereocenters. The first-order valence-corrected chi connectivity index (χ1v) is 1.10. The van der Waals surface area contributed by atoms with Crippen molar-refractivity contribution in [2.24, 2.45) is 0 Å². The van der Waals surface area contributed by atoms with Crippen molar-refractivity contribution >= 4 is 37.9 Å². The average molecular weight is 207 g/mol. The zero-order valence-corrected chi connectivity index (χ0v) is 4.61. The third-order valence-electron chi connectivity index (χ3n) is 0. The Morgan fingerprint density at radius 2 is 0.600 bits per heavy atom. The van der Waals surface area contributed by atoms with E-state index < -0.39 is 8.34 Å². The predicted molar refractivity (Wildman–Crippen MR) is 30.5 cm³/mol. The second kappa shape index (κ2) is 275. The van der Waals surface area contributed by atoms with Gasteiger partial charge in [-0.15, -0.1) is 0 Å². The Hall–Kier alpha value is 0.610. The van der Waals surface area contributed by atoms with Crippen LogP contribution in [0.25, 0.3) is 0 Å². The van der Waals surface area contributed by atoms with Gasteiger partial charge in [-0.05, 0) is 0 Å². The van der Waals surface area contributed by atoms with Crippen LogP contribution >= 0.6 is 8.34 Å². The molecule has 0 aromatic heterocycles. The van der Waals surface area contributed by atoms with E-state index in [-0.39, 0.29) is 57.8 Å². The SMILES string of the molecule is F.F.F.F.F.F.O=[P]=O.[NaH]. The summed E-state index contributed by atoms with van der Waals surface area (Å²) in [5.41, 5.74) is 0. The minimum atomic E-state index is -1.08. The van der Waals surface area contributed by atoms with Gasteiger partial charge in [-0.3, -0.25) is 28.2 Å². The van der Waals surface area contributed by atoms with E-state index in [1.54, 1.807) is 0 Å². The van der Waals surface area contributed by atoms with Crippen molar-refractivity contribution in [3.8, 4) is 0 Å². The Labute approximate surface area is 75.5 Å². The first-order valence-electron chi connectivity index (χ1n) is 0.365. The molecular formula is H7F6NaO2P. The number of hydrogen-bond donors (Lipinski definition) is 0. The molecule has 0 amide bonds. The first-order chi connectivity index (χ1) is 1.41. The maximum atomic E-state index is 8.35. The van der Waals surface area contributed by atoms with Gasteiger partial charge in [0.15, 0.2) is 0 Å². The van der Waals surface area contributed by atoms with Crippen molar-refractivity contribution < 1.29 is 37.4 Å². The molecule has 0 aliphatic heterocycles. The molecule has 0 rings (SSSR count). The minimum absolute atomic E-state index is 0. The van der Waals surface area contributed by atoms with Crippen LogP contribution in [-0.4, -0.2) is 29.6 Å². The van der Waals surface area contributed by atoms with Gasteiger partial charge in [-0.2, -0.15) is 0 Å². The summed E-state index contributed by atoms with van der Waals surface area (Å²) in [4.78, 5) is 0. The molecule has 0 atom stereocenters. The third-order valence-corrected chi connectivity index (χ3v) is 0. The molecule has 10 heteroatoms. The second-order valence-corrected chi connectivity index (χ2v) is 0.224. The van der Waals surface area contributed by atoms with E-state index in [0.717, 1.165) is 0 Å². The predicted octanol–water partition coefficient (Wildman–Crippen LogP) is 0.890. The molecule has 0 aromatic carbocycles. The van der Waals surface area contributed by atoms with Crippen molar-refractivity contribution in [3.63, 3.8) is 0 Å². The topological polar surface area (TPSA) is 34.1 Å². The van der Waals surface area contributed by atoms with E-state index in [2.05, 4.69) is 0 Å². The van der Waals surface area contributed by atoms with E-state index in [1.807, 2.05) is 0 Å². The van der Waals surface area contributed by atoms with Crippen molar-refractivity contribution in [2.45, 2.75) is 0 Å². The van der Waals surface area contributed by atoms with Crippen LogP contribution in [0.4, 0.5) is 28.2 Å². The average Bonchev–Trinajstić information content (AvgIpc) is 0.918. The zero-order chi connectivity index (χ0) is 2.71. The van der Waals surface area contributed by atoms with E-state index in [1.165, 1.54) is 0 Å². The Balaban J connectivity index is -0.000000000952. The van der Waals surface area contributed by atoms with Crippen LogP contribution in [0.3, 0.4) is 0 Å². The van der Waals surface area contributed by atoms with Gasteiger partial charge in [-0.1, -0.05) is 0 Å². The van der Waals surface area contributed by atoms with Gasteiger partial charge in [-0.25, -0.2) is 0 Å². The molecule has 0 fully saturated rings. The summed E-state index contributed by atoms with van der Waals surface area (Å²) in [5, 5.41) is 0. The van der Waals surface area contributed by atoms with Crippen LogP contribution < -0.4 is 0 Å². The van der Waals surface area contributed by atoms with E-state index in [9.17, 15) is 0 Å². The zero-order valence-electron chi connectivity index (χ0n) is 3.71. The van der Waals surface area contributed by atoms with Crippen molar-refractivity contribution in [1.29, 1.82) is 0 Å². The summed E-state index contributed by atoms with van der Waals surface area (Å²) < 4.78 is 16.7. The first kappa shape index (κ1) is 144. The molecule has 0 spiro atoms. The Bertz CT molecular complexity index is 36.7. The molecule has 0 saturated carbocycles. The monoisotopic (exact) mass is 207 g/mol. The molecule has 0 aromatic rings. The van der Waals surface area contributed by atoms with Gasteiger partial charge in [0, 0.05) is 0 Å². The molecule has 0 bridgehead atoms. The molecule has 0 N–H and O–H groups in total. The van der Waals surface area contributed by atoms with Gasteiger partial charge in [0.25, 0.3) is 0 Å². The summed E-state index contributed by atoms with van der Waals surface area (Å²) in [6.07, 6.45) is 0. The molecular weight excluding hydrogens is 200 g/mol. The van der Waals surface area contributed by atoms with Gasteiger partial charge in [0.1, 0.15) is 0 Å². The van der Waals surface area contributed by atoms with Crippen LogP contribution in [0, 0.1) is 0 Å². The van der Waals surface area contributed by atoms with Gasteiger partial charge < -0.3 is 0 Å². The summed E-state index contributed by atoms with van der Waals surface area (Å²) in [6, 6.07) is 0. The number of halogens is 6. The molecule has 1 radical (unpaired) electrons. The fraction of sp³-hybridized carbons (Fsp3) is 0. The fourth-order valence-corrected chi connectivity index (χ4v) is 0. The van der Waals surface area contributed by atoms with Crippen LogP contribution in [0.15, 0.2) is 0 Å².